The van der Waals surface area contributed by atoms with E-state index < -0.39 is 15.9 Å². The minimum atomic E-state index is -3.60. The monoisotopic (exact) mass is 437 g/mol. The molecule has 2 aromatic carbocycles. The molecule has 0 bridgehead atoms. The van der Waals surface area contributed by atoms with E-state index >= 15 is 0 Å². The maximum Gasteiger partial charge on any atom is 0.256 e. The maximum atomic E-state index is 12.8. The number of sulfonamides is 1. The Morgan fingerprint density at radius 3 is 2.45 bits per heavy atom. The fourth-order valence-corrected chi connectivity index (χ4v) is 5.10. The highest BCUT2D eigenvalue weighted by atomic mass is 32.2. The first-order valence-corrected chi connectivity index (χ1v) is 11.4. The van der Waals surface area contributed by atoms with Crippen molar-refractivity contribution in [1.29, 1.82) is 0 Å². The third kappa shape index (κ3) is 4.45. The van der Waals surface area contributed by atoms with Crippen molar-refractivity contribution in [2.75, 3.05) is 25.5 Å². The molecule has 0 atom stereocenters. The van der Waals surface area contributed by atoms with Crippen LogP contribution in [0.4, 0.5) is 5.82 Å². The minimum absolute atomic E-state index is 0.112. The second-order valence-corrected chi connectivity index (χ2v) is 9.17. The predicted molar refractivity (Wildman–Crippen MR) is 119 cm³/mol. The molecule has 31 heavy (non-hydrogen) atoms. The normalized spacial score (nSPS) is 14.4. The summed E-state index contributed by atoms with van der Waals surface area (Å²) in [5, 5.41) is 2.72. The van der Waals surface area contributed by atoms with Crippen molar-refractivity contribution in [3.8, 4) is 16.9 Å². The van der Waals surface area contributed by atoms with Crippen molar-refractivity contribution in [3.05, 3.63) is 72.4 Å². The molecule has 1 aliphatic rings. The number of amides is 1. The van der Waals surface area contributed by atoms with Crippen LogP contribution in [0.3, 0.4) is 0 Å². The van der Waals surface area contributed by atoms with E-state index in [9.17, 15) is 13.2 Å². The van der Waals surface area contributed by atoms with Gasteiger partial charge in [-0.15, -0.1) is 0 Å². The molecule has 8 heteroatoms. The van der Waals surface area contributed by atoms with Gasteiger partial charge in [-0.2, -0.15) is 4.31 Å². The van der Waals surface area contributed by atoms with Gasteiger partial charge in [-0.25, -0.2) is 13.4 Å². The van der Waals surface area contributed by atoms with E-state index in [2.05, 4.69) is 10.3 Å². The molecule has 1 amide bonds. The lowest BCUT2D eigenvalue weighted by Gasteiger charge is -2.16. The Morgan fingerprint density at radius 2 is 1.74 bits per heavy atom. The molecule has 0 spiro atoms. The van der Waals surface area contributed by atoms with Crippen LogP contribution in [0.2, 0.25) is 0 Å². The summed E-state index contributed by atoms with van der Waals surface area (Å²) in [5.74, 6) is 0.215. The largest absolute Gasteiger partial charge is 0.493 e. The average Bonchev–Trinajstić information content (AvgIpc) is 3.36. The van der Waals surface area contributed by atoms with E-state index in [0.717, 1.165) is 24.0 Å². The molecule has 1 aliphatic heterocycles. The van der Waals surface area contributed by atoms with Crippen molar-refractivity contribution >= 4 is 21.7 Å². The zero-order valence-electron chi connectivity index (χ0n) is 17.1. The van der Waals surface area contributed by atoms with E-state index in [1.54, 1.807) is 24.4 Å². The number of anilines is 1. The lowest BCUT2D eigenvalue weighted by atomic mass is 10.1. The van der Waals surface area contributed by atoms with E-state index in [-0.39, 0.29) is 16.3 Å². The van der Waals surface area contributed by atoms with E-state index in [1.165, 1.54) is 23.5 Å². The quantitative estimate of drug-likeness (QED) is 0.634. The third-order valence-corrected chi connectivity index (χ3v) is 7.11. The lowest BCUT2D eigenvalue weighted by molar-refractivity contribution is 0.102. The molecule has 160 valence electrons. The number of rotatable bonds is 6. The number of pyridine rings is 1. The third-order valence-electron chi connectivity index (χ3n) is 5.21. The number of carbonyl (C=O) groups excluding carboxylic acids is 1. The number of ether oxygens (including phenoxy) is 1. The zero-order chi connectivity index (χ0) is 21.8. The van der Waals surface area contributed by atoms with Crippen molar-refractivity contribution in [1.82, 2.24) is 9.29 Å². The summed E-state index contributed by atoms with van der Waals surface area (Å²) in [6.07, 6.45) is 3.36. The summed E-state index contributed by atoms with van der Waals surface area (Å²) < 4.78 is 32.5. The molecule has 4 rings (SSSR count). The van der Waals surface area contributed by atoms with Gasteiger partial charge in [0.25, 0.3) is 5.91 Å². The summed E-state index contributed by atoms with van der Waals surface area (Å²) in [4.78, 5) is 17.3. The van der Waals surface area contributed by atoms with E-state index in [4.69, 9.17) is 4.74 Å². The summed E-state index contributed by atoms with van der Waals surface area (Å²) in [6, 6.07) is 17.6. The first kappa shape index (κ1) is 21.0. The fourth-order valence-electron chi connectivity index (χ4n) is 3.54. The van der Waals surface area contributed by atoms with Crippen LogP contribution in [0.5, 0.6) is 5.75 Å². The van der Waals surface area contributed by atoms with Gasteiger partial charge in [0, 0.05) is 30.4 Å². The Bertz CT molecular complexity index is 1190. The molecule has 0 radical (unpaired) electrons. The second kappa shape index (κ2) is 8.87. The summed E-state index contributed by atoms with van der Waals surface area (Å²) in [6.45, 7) is 1.02. The lowest BCUT2D eigenvalue weighted by Crippen LogP contribution is -2.28. The molecular weight excluding hydrogens is 414 g/mol. The summed E-state index contributed by atoms with van der Waals surface area (Å²) >= 11 is 0. The van der Waals surface area contributed by atoms with Gasteiger partial charge in [0.05, 0.1) is 12.0 Å². The highest BCUT2D eigenvalue weighted by Crippen LogP contribution is 2.29. The van der Waals surface area contributed by atoms with Crippen molar-refractivity contribution in [3.63, 3.8) is 0 Å². The van der Waals surface area contributed by atoms with Crippen LogP contribution in [0.1, 0.15) is 23.2 Å². The van der Waals surface area contributed by atoms with Crippen LogP contribution in [0.25, 0.3) is 11.1 Å². The van der Waals surface area contributed by atoms with Crippen LogP contribution in [0, 0.1) is 0 Å². The SMILES string of the molecule is COc1cc(-c2ccccc2)cnc1NC(=O)c1cccc(S(=O)(=O)N2CCCC2)c1. The smallest absolute Gasteiger partial charge is 0.256 e. The first-order chi connectivity index (χ1) is 15.0. The van der Waals surface area contributed by atoms with Crippen LogP contribution in [0.15, 0.2) is 71.8 Å². The van der Waals surface area contributed by atoms with Crippen molar-refractivity contribution < 1.29 is 17.9 Å². The minimum Gasteiger partial charge on any atom is -0.493 e. The van der Waals surface area contributed by atoms with Gasteiger partial charge in [-0.05, 0) is 42.7 Å². The molecular formula is C23H23N3O4S. The predicted octanol–water partition coefficient (Wildman–Crippen LogP) is 3.79. The molecule has 2 heterocycles. The molecule has 0 aliphatic carbocycles. The molecule has 0 unspecified atom stereocenters. The highest BCUT2D eigenvalue weighted by molar-refractivity contribution is 7.89. The van der Waals surface area contributed by atoms with Gasteiger partial charge in [-0.1, -0.05) is 36.4 Å². The maximum absolute atomic E-state index is 12.8. The second-order valence-electron chi connectivity index (χ2n) is 7.23. The Balaban J connectivity index is 1.57. The molecule has 1 saturated heterocycles. The molecule has 1 fully saturated rings. The van der Waals surface area contributed by atoms with Crippen molar-refractivity contribution in [2.45, 2.75) is 17.7 Å². The van der Waals surface area contributed by atoms with E-state index in [1.807, 2.05) is 30.3 Å². The number of methoxy groups -OCH3 is 1. The standard InChI is InChI=1S/C23H23N3O4S/c1-30-21-15-19(17-8-3-2-4-9-17)16-24-22(21)25-23(27)18-10-7-11-20(14-18)31(28,29)26-12-5-6-13-26/h2-4,7-11,14-16H,5-6,12-13H2,1H3,(H,24,25,27). The van der Waals surface area contributed by atoms with Gasteiger partial charge >= 0.3 is 0 Å². The van der Waals surface area contributed by atoms with Gasteiger partial charge in [0.1, 0.15) is 0 Å². The number of carbonyl (C=O) groups is 1. The Labute approximate surface area is 181 Å². The number of hydrogen-bond acceptors (Lipinski definition) is 5. The Kier molecular flexibility index (Phi) is 6.01. The fraction of sp³-hybridized carbons (Fsp3) is 0.217. The average molecular weight is 438 g/mol. The number of nitrogens with zero attached hydrogens (tertiary/aromatic N) is 2. The zero-order valence-corrected chi connectivity index (χ0v) is 17.9. The molecule has 7 nitrogen and oxygen atoms in total. The van der Waals surface area contributed by atoms with E-state index in [0.29, 0.717) is 18.8 Å². The Morgan fingerprint density at radius 1 is 1.00 bits per heavy atom. The highest BCUT2D eigenvalue weighted by Gasteiger charge is 2.27. The molecule has 1 N–H and O–H groups in total. The first-order valence-electron chi connectivity index (χ1n) is 10.00. The molecule has 0 saturated carbocycles. The Hall–Kier alpha value is -3.23. The van der Waals surface area contributed by atoms with Gasteiger partial charge in [0.15, 0.2) is 11.6 Å². The number of nitrogens with one attached hydrogen (secondary N) is 1. The number of aromatic nitrogens is 1. The van der Waals surface area contributed by atoms with Crippen LogP contribution in [-0.2, 0) is 10.0 Å². The van der Waals surface area contributed by atoms with Crippen molar-refractivity contribution in [2.24, 2.45) is 0 Å². The van der Waals surface area contributed by atoms with Crippen LogP contribution in [-0.4, -0.2) is 43.8 Å². The number of hydrogen-bond donors (Lipinski definition) is 1. The van der Waals surface area contributed by atoms with Crippen LogP contribution >= 0.6 is 0 Å². The molecule has 1 aromatic heterocycles. The van der Waals surface area contributed by atoms with Gasteiger partial charge < -0.3 is 10.1 Å². The molecule has 3 aromatic rings. The van der Waals surface area contributed by atoms with Crippen LogP contribution < -0.4 is 10.1 Å². The summed E-state index contributed by atoms with van der Waals surface area (Å²) in [5.41, 5.74) is 2.07. The topological polar surface area (TPSA) is 88.6 Å². The van der Waals surface area contributed by atoms with Gasteiger partial charge in [0.2, 0.25) is 10.0 Å². The summed E-state index contributed by atoms with van der Waals surface area (Å²) in [7, 11) is -2.10. The number of benzene rings is 2. The van der Waals surface area contributed by atoms with Gasteiger partial charge in [-0.3, -0.25) is 4.79 Å².